The van der Waals surface area contributed by atoms with Gasteiger partial charge in [-0.05, 0) is 36.0 Å². The smallest absolute Gasteiger partial charge is 0.0117 e. The van der Waals surface area contributed by atoms with Crippen molar-refractivity contribution in [2.24, 2.45) is 0 Å². The molecule has 0 fully saturated rings. The van der Waals surface area contributed by atoms with Crippen molar-refractivity contribution in [3.05, 3.63) is 77.9 Å². The van der Waals surface area contributed by atoms with Gasteiger partial charge in [0.05, 0.1) is 0 Å². The highest BCUT2D eigenvalue weighted by Gasteiger charge is 2.03. The first-order valence-electron chi connectivity index (χ1n) is 7.22. The summed E-state index contributed by atoms with van der Waals surface area (Å²) in [5, 5.41) is 0. The highest BCUT2D eigenvalue weighted by molar-refractivity contribution is 9.09. The molecule has 0 bridgehead atoms. The van der Waals surface area contributed by atoms with Gasteiger partial charge < -0.3 is 0 Å². The molecule has 20 heavy (non-hydrogen) atoms. The summed E-state index contributed by atoms with van der Waals surface area (Å²) in [5.74, 6) is 0. The molecule has 0 aromatic heterocycles. The zero-order chi connectivity index (χ0) is 14.2. The van der Waals surface area contributed by atoms with Crippen molar-refractivity contribution in [2.45, 2.75) is 31.0 Å². The molecule has 1 heteroatoms. The first-order valence-corrected chi connectivity index (χ1v) is 8.14. The monoisotopic (exact) mass is 328 g/mol. The second kappa shape index (κ2) is 8.06. The number of allylic oxidation sites excluding steroid dienone is 1. The third kappa shape index (κ3) is 4.64. The quantitative estimate of drug-likeness (QED) is 0.445. The molecule has 104 valence electrons. The SMILES string of the molecule is CC(Br)CCCC=C(c1ccccc1)c1ccccc1. The zero-order valence-corrected chi connectivity index (χ0v) is 13.5. The first kappa shape index (κ1) is 15.1. The highest BCUT2D eigenvalue weighted by atomic mass is 79.9. The molecule has 1 atom stereocenters. The molecule has 2 aromatic carbocycles. The summed E-state index contributed by atoms with van der Waals surface area (Å²) in [7, 11) is 0. The van der Waals surface area contributed by atoms with E-state index in [-0.39, 0.29) is 0 Å². The lowest BCUT2D eigenvalue weighted by Crippen LogP contribution is -1.90. The van der Waals surface area contributed by atoms with Crippen LogP contribution in [0.25, 0.3) is 5.57 Å². The summed E-state index contributed by atoms with van der Waals surface area (Å²) in [5.41, 5.74) is 3.93. The van der Waals surface area contributed by atoms with E-state index in [2.05, 4.69) is 89.6 Å². The Morgan fingerprint density at radius 2 is 1.45 bits per heavy atom. The Hall–Kier alpha value is -1.34. The van der Waals surface area contributed by atoms with Crippen LogP contribution in [0.15, 0.2) is 66.7 Å². The van der Waals surface area contributed by atoms with Crippen LogP contribution in [0.2, 0.25) is 0 Å². The predicted octanol–water partition coefficient (Wildman–Crippen LogP) is 6.07. The van der Waals surface area contributed by atoms with Gasteiger partial charge in [-0.25, -0.2) is 0 Å². The Morgan fingerprint density at radius 1 is 0.950 bits per heavy atom. The molecule has 0 aliphatic carbocycles. The maximum absolute atomic E-state index is 3.61. The van der Waals surface area contributed by atoms with E-state index in [9.17, 15) is 0 Å². The Balaban J connectivity index is 2.19. The first-order chi connectivity index (χ1) is 9.77. The standard InChI is InChI=1S/C19H21Br/c1-16(20)10-8-9-15-19(17-11-4-2-5-12-17)18-13-6-3-7-14-18/h2-7,11-16H,8-10H2,1H3. The van der Waals surface area contributed by atoms with Crippen molar-refractivity contribution < 1.29 is 0 Å². The Morgan fingerprint density at radius 3 is 1.90 bits per heavy atom. The van der Waals surface area contributed by atoms with Gasteiger partial charge >= 0.3 is 0 Å². The van der Waals surface area contributed by atoms with Crippen molar-refractivity contribution in [3.8, 4) is 0 Å². The van der Waals surface area contributed by atoms with Crippen molar-refractivity contribution in [2.75, 3.05) is 0 Å². The van der Waals surface area contributed by atoms with E-state index in [0.29, 0.717) is 4.83 Å². The molecule has 0 amide bonds. The van der Waals surface area contributed by atoms with Crippen LogP contribution in [0, 0.1) is 0 Å². The number of rotatable bonds is 6. The minimum absolute atomic E-state index is 0.604. The average Bonchev–Trinajstić information content (AvgIpc) is 2.49. The topological polar surface area (TPSA) is 0 Å². The Bertz CT molecular complexity index is 485. The second-order valence-electron chi connectivity index (χ2n) is 5.06. The van der Waals surface area contributed by atoms with Gasteiger partial charge in [-0.2, -0.15) is 0 Å². The third-order valence-electron chi connectivity index (χ3n) is 3.32. The lowest BCUT2D eigenvalue weighted by Gasteiger charge is -2.09. The number of unbranched alkanes of at least 4 members (excludes halogenated alkanes) is 1. The molecule has 0 heterocycles. The molecule has 0 saturated heterocycles. The Kier molecular flexibility index (Phi) is 6.07. The van der Waals surface area contributed by atoms with E-state index in [4.69, 9.17) is 0 Å². The minimum atomic E-state index is 0.604. The molecule has 2 rings (SSSR count). The fraction of sp³-hybridized carbons (Fsp3) is 0.263. The van der Waals surface area contributed by atoms with Crippen molar-refractivity contribution >= 4 is 21.5 Å². The van der Waals surface area contributed by atoms with Crippen molar-refractivity contribution in [3.63, 3.8) is 0 Å². The summed E-state index contributed by atoms with van der Waals surface area (Å²) in [6, 6.07) is 21.3. The molecule has 0 aliphatic rings. The predicted molar refractivity (Wildman–Crippen MR) is 92.2 cm³/mol. The van der Waals surface area contributed by atoms with Crippen LogP contribution >= 0.6 is 15.9 Å². The molecular weight excluding hydrogens is 308 g/mol. The number of alkyl halides is 1. The average molecular weight is 329 g/mol. The largest absolute Gasteiger partial charge is 0.0894 e. The van der Waals surface area contributed by atoms with Gasteiger partial charge in [0, 0.05) is 4.83 Å². The summed E-state index contributed by atoms with van der Waals surface area (Å²) in [6.45, 7) is 2.21. The summed E-state index contributed by atoms with van der Waals surface area (Å²) in [4.78, 5) is 0.604. The van der Waals surface area contributed by atoms with Crippen LogP contribution in [0.3, 0.4) is 0 Å². The van der Waals surface area contributed by atoms with E-state index < -0.39 is 0 Å². The third-order valence-corrected chi connectivity index (χ3v) is 3.78. The van der Waals surface area contributed by atoms with Crippen LogP contribution in [-0.4, -0.2) is 4.83 Å². The summed E-state index contributed by atoms with van der Waals surface area (Å²) < 4.78 is 0. The van der Waals surface area contributed by atoms with Gasteiger partial charge in [0.2, 0.25) is 0 Å². The van der Waals surface area contributed by atoms with Gasteiger partial charge in [0.1, 0.15) is 0 Å². The number of hydrogen-bond donors (Lipinski definition) is 0. The van der Waals surface area contributed by atoms with Gasteiger partial charge in [0.25, 0.3) is 0 Å². The molecule has 0 spiro atoms. The molecular formula is C19H21Br. The van der Waals surface area contributed by atoms with E-state index in [1.165, 1.54) is 29.5 Å². The minimum Gasteiger partial charge on any atom is -0.0894 e. The second-order valence-corrected chi connectivity index (χ2v) is 6.62. The highest BCUT2D eigenvalue weighted by Crippen LogP contribution is 2.24. The van der Waals surface area contributed by atoms with Gasteiger partial charge in [-0.3, -0.25) is 0 Å². The molecule has 0 saturated carbocycles. The number of hydrogen-bond acceptors (Lipinski definition) is 0. The molecule has 0 nitrogen and oxygen atoms in total. The van der Waals surface area contributed by atoms with Crippen LogP contribution in [0.5, 0.6) is 0 Å². The molecule has 1 unspecified atom stereocenters. The fourth-order valence-electron chi connectivity index (χ4n) is 2.28. The zero-order valence-electron chi connectivity index (χ0n) is 11.9. The van der Waals surface area contributed by atoms with E-state index in [1.807, 2.05) is 0 Å². The van der Waals surface area contributed by atoms with Crippen LogP contribution in [-0.2, 0) is 0 Å². The molecule has 0 N–H and O–H groups in total. The molecule has 0 radical (unpaired) electrons. The number of halogens is 1. The maximum Gasteiger partial charge on any atom is 0.0117 e. The number of benzene rings is 2. The molecule has 2 aromatic rings. The van der Waals surface area contributed by atoms with Gasteiger partial charge in [-0.1, -0.05) is 89.6 Å². The van der Waals surface area contributed by atoms with E-state index >= 15 is 0 Å². The van der Waals surface area contributed by atoms with E-state index in [0.717, 1.165) is 6.42 Å². The van der Waals surface area contributed by atoms with Crippen LogP contribution in [0.4, 0.5) is 0 Å². The molecule has 0 aliphatic heterocycles. The summed E-state index contributed by atoms with van der Waals surface area (Å²) >= 11 is 3.61. The van der Waals surface area contributed by atoms with Crippen molar-refractivity contribution in [1.82, 2.24) is 0 Å². The normalized spacial score (nSPS) is 11.9. The van der Waals surface area contributed by atoms with Gasteiger partial charge in [0.15, 0.2) is 0 Å². The van der Waals surface area contributed by atoms with Crippen LogP contribution in [0.1, 0.15) is 37.3 Å². The van der Waals surface area contributed by atoms with Crippen LogP contribution < -0.4 is 0 Å². The van der Waals surface area contributed by atoms with E-state index in [1.54, 1.807) is 0 Å². The Labute approximate surface area is 130 Å². The van der Waals surface area contributed by atoms with Gasteiger partial charge in [-0.15, -0.1) is 0 Å². The lowest BCUT2D eigenvalue weighted by molar-refractivity contribution is 0.750. The fourth-order valence-corrected chi connectivity index (χ4v) is 2.61. The van der Waals surface area contributed by atoms with Crippen molar-refractivity contribution in [1.29, 1.82) is 0 Å². The lowest BCUT2D eigenvalue weighted by atomic mass is 9.96. The maximum atomic E-state index is 3.61. The summed E-state index contributed by atoms with van der Waals surface area (Å²) in [6.07, 6.45) is 5.93.